The monoisotopic (exact) mass is 419 g/mol. The van der Waals surface area contributed by atoms with E-state index in [4.69, 9.17) is 4.74 Å². The maximum atomic E-state index is 13.6. The summed E-state index contributed by atoms with van der Waals surface area (Å²) in [5, 5.41) is 20.3. The number of nitro groups is 1. The largest absolute Gasteiger partial charge is 0.450 e. The highest BCUT2D eigenvalue weighted by atomic mass is 79.9. The second kappa shape index (κ2) is 6.50. The molecule has 2 aromatic rings. The molecule has 21 heavy (non-hydrogen) atoms. The molecule has 8 heteroatoms. The Labute approximate surface area is 135 Å². The van der Waals surface area contributed by atoms with E-state index in [9.17, 15) is 19.6 Å². The Balaban J connectivity index is 2.48. The summed E-state index contributed by atoms with van der Waals surface area (Å²) in [7, 11) is 0. The molecule has 0 spiro atoms. The number of hydrogen-bond acceptors (Lipinski definition) is 4. The molecule has 0 aromatic heterocycles. The number of benzene rings is 2. The van der Waals surface area contributed by atoms with Crippen molar-refractivity contribution in [1.29, 1.82) is 0 Å². The van der Waals surface area contributed by atoms with Crippen LogP contribution in [0.5, 0.6) is 11.5 Å². The van der Waals surface area contributed by atoms with Gasteiger partial charge in [0.1, 0.15) is 11.6 Å². The minimum absolute atomic E-state index is 0.0280. The zero-order valence-corrected chi connectivity index (χ0v) is 13.5. The predicted octanol–water partition coefficient (Wildman–Crippen LogP) is 4.54. The van der Waals surface area contributed by atoms with Gasteiger partial charge in [-0.3, -0.25) is 10.1 Å². The number of aliphatic hydroxyl groups is 1. The highest BCUT2D eigenvalue weighted by Gasteiger charge is 2.20. The number of aliphatic hydroxyl groups excluding tert-OH is 1. The molecule has 0 radical (unpaired) electrons. The average Bonchev–Trinajstić information content (AvgIpc) is 2.44. The Kier molecular flexibility index (Phi) is 4.92. The first-order valence-electron chi connectivity index (χ1n) is 5.63. The van der Waals surface area contributed by atoms with Crippen LogP contribution in [0.1, 0.15) is 5.56 Å². The number of ether oxygens (including phenoxy) is 1. The molecule has 0 aliphatic carbocycles. The molecule has 0 heterocycles. The zero-order valence-electron chi connectivity index (χ0n) is 10.3. The molecule has 0 bridgehead atoms. The van der Waals surface area contributed by atoms with Gasteiger partial charge in [0.15, 0.2) is 0 Å². The highest BCUT2D eigenvalue weighted by molar-refractivity contribution is 9.10. The van der Waals surface area contributed by atoms with E-state index in [0.29, 0.717) is 5.56 Å². The fourth-order valence-electron chi connectivity index (χ4n) is 1.63. The summed E-state index contributed by atoms with van der Waals surface area (Å²) < 4.78 is 19.7. The molecule has 0 amide bonds. The Hall–Kier alpha value is -1.51. The van der Waals surface area contributed by atoms with Crippen molar-refractivity contribution in [3.63, 3.8) is 0 Å². The van der Waals surface area contributed by atoms with Crippen LogP contribution >= 0.6 is 31.9 Å². The summed E-state index contributed by atoms with van der Waals surface area (Å²) in [6.07, 6.45) is 0. The van der Waals surface area contributed by atoms with Crippen LogP contribution in [0.15, 0.2) is 39.3 Å². The molecule has 0 saturated carbocycles. The summed E-state index contributed by atoms with van der Waals surface area (Å²) in [6.45, 7) is -0.318. The third-order valence-electron chi connectivity index (χ3n) is 2.61. The molecule has 0 aliphatic heterocycles. The van der Waals surface area contributed by atoms with E-state index in [0.717, 1.165) is 16.6 Å². The Bertz CT molecular complexity index is 709. The second-order valence-corrected chi connectivity index (χ2v) is 5.77. The van der Waals surface area contributed by atoms with E-state index in [-0.39, 0.29) is 28.3 Å². The van der Waals surface area contributed by atoms with Gasteiger partial charge in [-0.15, -0.1) is 0 Å². The van der Waals surface area contributed by atoms with Gasteiger partial charge in [-0.05, 0) is 34.1 Å². The lowest BCUT2D eigenvalue weighted by Crippen LogP contribution is -1.97. The summed E-state index contributed by atoms with van der Waals surface area (Å²) in [5.41, 5.74) is 0.0390. The number of rotatable bonds is 4. The van der Waals surface area contributed by atoms with E-state index in [2.05, 4.69) is 31.9 Å². The van der Waals surface area contributed by atoms with Crippen LogP contribution in [0.2, 0.25) is 0 Å². The van der Waals surface area contributed by atoms with Crippen LogP contribution in [-0.2, 0) is 6.61 Å². The van der Waals surface area contributed by atoms with Gasteiger partial charge in [0.05, 0.1) is 16.0 Å². The van der Waals surface area contributed by atoms with E-state index in [1.54, 1.807) is 12.1 Å². The maximum Gasteiger partial charge on any atom is 0.312 e. The summed E-state index contributed by atoms with van der Waals surface area (Å²) in [6, 6.07) is 6.73. The van der Waals surface area contributed by atoms with Gasteiger partial charge in [-0.25, -0.2) is 4.39 Å². The number of hydrogen-bond donors (Lipinski definition) is 1. The standard InChI is InChI=1S/C13H8Br2FNO4/c14-8-1-2-12(7(3-8)6-18)21-13-5-10(16)9(15)4-11(13)17(19)20/h1-5,18H,6H2. The first-order chi connectivity index (χ1) is 9.92. The molecular formula is C13H8Br2FNO4. The number of nitrogens with zero attached hydrogens (tertiary/aromatic N) is 1. The molecule has 5 nitrogen and oxygen atoms in total. The molecule has 0 atom stereocenters. The van der Waals surface area contributed by atoms with E-state index < -0.39 is 10.7 Å². The zero-order chi connectivity index (χ0) is 15.6. The lowest BCUT2D eigenvalue weighted by atomic mass is 10.2. The van der Waals surface area contributed by atoms with Gasteiger partial charge in [0.25, 0.3) is 0 Å². The predicted molar refractivity (Wildman–Crippen MR) is 80.9 cm³/mol. The molecule has 1 N–H and O–H groups in total. The van der Waals surface area contributed by atoms with Gasteiger partial charge in [-0.1, -0.05) is 15.9 Å². The normalized spacial score (nSPS) is 10.5. The molecule has 2 aromatic carbocycles. The van der Waals surface area contributed by atoms with Crippen LogP contribution in [0.3, 0.4) is 0 Å². The fourth-order valence-corrected chi connectivity index (χ4v) is 2.37. The van der Waals surface area contributed by atoms with Gasteiger partial charge >= 0.3 is 5.69 Å². The van der Waals surface area contributed by atoms with Gasteiger partial charge < -0.3 is 9.84 Å². The summed E-state index contributed by atoms with van der Waals surface area (Å²) >= 11 is 6.13. The van der Waals surface area contributed by atoms with Gasteiger partial charge in [0, 0.05) is 22.2 Å². The minimum Gasteiger partial charge on any atom is -0.450 e. The Morgan fingerprint density at radius 2 is 1.95 bits per heavy atom. The van der Waals surface area contributed by atoms with Crippen LogP contribution in [0.4, 0.5) is 10.1 Å². The number of nitro benzene ring substituents is 1. The molecule has 110 valence electrons. The van der Waals surface area contributed by atoms with Gasteiger partial charge in [0.2, 0.25) is 5.75 Å². The Morgan fingerprint density at radius 1 is 1.24 bits per heavy atom. The van der Waals surface area contributed by atoms with Crippen molar-refractivity contribution in [2.45, 2.75) is 6.61 Å². The highest BCUT2D eigenvalue weighted by Crippen LogP contribution is 2.37. The van der Waals surface area contributed by atoms with Crippen molar-refractivity contribution < 1.29 is 19.2 Å². The van der Waals surface area contributed by atoms with Crippen LogP contribution in [0.25, 0.3) is 0 Å². The minimum atomic E-state index is -0.682. The maximum absolute atomic E-state index is 13.6. The van der Waals surface area contributed by atoms with Crippen molar-refractivity contribution in [1.82, 2.24) is 0 Å². The molecule has 0 aliphatic rings. The van der Waals surface area contributed by atoms with Gasteiger partial charge in [-0.2, -0.15) is 0 Å². The van der Waals surface area contributed by atoms with Crippen molar-refractivity contribution in [2.24, 2.45) is 0 Å². The summed E-state index contributed by atoms with van der Waals surface area (Å²) in [5.74, 6) is -0.707. The van der Waals surface area contributed by atoms with Crippen molar-refractivity contribution >= 4 is 37.5 Å². The second-order valence-electron chi connectivity index (χ2n) is 4.00. The van der Waals surface area contributed by atoms with Crippen LogP contribution in [0, 0.1) is 15.9 Å². The molecule has 2 rings (SSSR count). The van der Waals surface area contributed by atoms with Crippen LogP contribution < -0.4 is 4.74 Å². The lowest BCUT2D eigenvalue weighted by Gasteiger charge is -2.11. The van der Waals surface area contributed by atoms with Crippen molar-refractivity contribution in [3.8, 4) is 11.5 Å². The molecular weight excluding hydrogens is 413 g/mol. The van der Waals surface area contributed by atoms with Crippen molar-refractivity contribution in [2.75, 3.05) is 0 Å². The molecule has 0 unspecified atom stereocenters. The average molecular weight is 421 g/mol. The SMILES string of the molecule is O=[N+]([O-])c1cc(Br)c(F)cc1Oc1ccc(Br)cc1CO. The fraction of sp³-hybridized carbons (Fsp3) is 0.0769. The molecule has 0 fully saturated rings. The third kappa shape index (κ3) is 3.58. The lowest BCUT2D eigenvalue weighted by molar-refractivity contribution is -0.385. The van der Waals surface area contributed by atoms with E-state index >= 15 is 0 Å². The third-order valence-corrected chi connectivity index (χ3v) is 3.71. The quantitative estimate of drug-likeness (QED) is 0.582. The van der Waals surface area contributed by atoms with Crippen molar-refractivity contribution in [3.05, 3.63) is 60.8 Å². The first-order valence-corrected chi connectivity index (χ1v) is 7.21. The van der Waals surface area contributed by atoms with E-state index in [1.807, 2.05) is 0 Å². The van der Waals surface area contributed by atoms with E-state index in [1.165, 1.54) is 6.07 Å². The smallest absolute Gasteiger partial charge is 0.312 e. The van der Waals surface area contributed by atoms with Crippen LogP contribution in [-0.4, -0.2) is 10.0 Å². The number of halogens is 3. The first kappa shape index (κ1) is 15.9. The topological polar surface area (TPSA) is 72.6 Å². The Morgan fingerprint density at radius 3 is 2.57 bits per heavy atom. The molecule has 0 saturated heterocycles. The summed E-state index contributed by atoms with van der Waals surface area (Å²) in [4.78, 5) is 10.3.